The molecule has 3 aliphatic rings. The van der Waals surface area contributed by atoms with Gasteiger partial charge in [-0.3, -0.25) is 4.98 Å². The maximum Gasteiger partial charge on any atom is 0.494 e. The topological polar surface area (TPSA) is 40.6 Å². The molecular weight excluding hydrogens is 289 g/mol. The van der Waals surface area contributed by atoms with Gasteiger partial charge in [-0.25, -0.2) is 0 Å². The average Bonchev–Trinajstić information content (AvgIpc) is 3.14. The van der Waals surface area contributed by atoms with Crippen LogP contribution in [0.15, 0.2) is 12.1 Å². The predicted molar refractivity (Wildman–Crippen MR) is 89.9 cm³/mol. The molecule has 1 unspecified atom stereocenters. The lowest BCUT2D eigenvalue weighted by Gasteiger charge is -2.32. The fourth-order valence-corrected chi connectivity index (χ4v) is 3.28. The molecule has 2 saturated heterocycles. The molecule has 0 amide bonds. The van der Waals surface area contributed by atoms with E-state index in [1.807, 2.05) is 0 Å². The first kappa shape index (κ1) is 15.6. The lowest BCUT2D eigenvalue weighted by molar-refractivity contribution is 0.00578. The van der Waals surface area contributed by atoms with E-state index in [4.69, 9.17) is 19.0 Å². The highest BCUT2D eigenvalue weighted by Crippen LogP contribution is 2.41. The number of ether oxygens (including phenoxy) is 1. The maximum atomic E-state index is 6.23. The number of aromatic nitrogens is 1. The van der Waals surface area contributed by atoms with E-state index >= 15 is 0 Å². The van der Waals surface area contributed by atoms with E-state index < -0.39 is 0 Å². The van der Waals surface area contributed by atoms with Gasteiger partial charge in [0.25, 0.3) is 0 Å². The fraction of sp³-hybridized carbons (Fsp3) is 0.722. The second-order valence-electron chi connectivity index (χ2n) is 8.11. The quantitative estimate of drug-likeness (QED) is 0.804. The standard InChI is InChI=1S/C18H26BNO3/c1-17(2)18(3,4)23-19(22-17)13-10-14(12-7-8-12)20-15(11-13)16-6-5-9-21-16/h10-12,16H,5-9H2,1-4H3. The molecule has 0 aromatic carbocycles. The van der Waals surface area contributed by atoms with Gasteiger partial charge in [0.2, 0.25) is 0 Å². The second-order valence-corrected chi connectivity index (χ2v) is 8.11. The first-order valence-corrected chi connectivity index (χ1v) is 8.85. The summed E-state index contributed by atoms with van der Waals surface area (Å²) in [7, 11) is -0.319. The zero-order valence-corrected chi connectivity index (χ0v) is 14.6. The highest BCUT2D eigenvalue weighted by Gasteiger charge is 2.52. The van der Waals surface area contributed by atoms with Crippen LogP contribution in [0, 0.1) is 0 Å². The van der Waals surface area contributed by atoms with Gasteiger partial charge >= 0.3 is 7.12 Å². The fourth-order valence-electron chi connectivity index (χ4n) is 3.28. The number of nitrogens with zero attached hydrogens (tertiary/aromatic N) is 1. The van der Waals surface area contributed by atoms with Crippen LogP contribution in [0.25, 0.3) is 0 Å². The van der Waals surface area contributed by atoms with Crippen LogP contribution in [0.2, 0.25) is 0 Å². The molecule has 4 nitrogen and oxygen atoms in total. The molecule has 0 radical (unpaired) electrons. The molecule has 124 valence electrons. The highest BCUT2D eigenvalue weighted by atomic mass is 16.7. The van der Waals surface area contributed by atoms with Crippen LogP contribution >= 0.6 is 0 Å². The maximum absolute atomic E-state index is 6.23. The molecule has 3 heterocycles. The van der Waals surface area contributed by atoms with Crippen LogP contribution in [0.4, 0.5) is 0 Å². The van der Waals surface area contributed by atoms with Gasteiger partial charge in [0.05, 0.1) is 23.0 Å². The van der Waals surface area contributed by atoms with Crippen LogP contribution in [0.3, 0.4) is 0 Å². The molecule has 1 aromatic rings. The third kappa shape index (κ3) is 2.83. The Kier molecular flexibility index (Phi) is 3.60. The smallest absolute Gasteiger partial charge is 0.399 e. The molecule has 0 spiro atoms. The zero-order valence-electron chi connectivity index (χ0n) is 14.6. The van der Waals surface area contributed by atoms with Crippen LogP contribution < -0.4 is 5.46 Å². The number of pyridine rings is 1. The first-order chi connectivity index (χ1) is 10.9. The Hall–Kier alpha value is -0.905. The van der Waals surface area contributed by atoms with Crippen molar-refractivity contribution in [3.63, 3.8) is 0 Å². The van der Waals surface area contributed by atoms with E-state index in [9.17, 15) is 0 Å². The van der Waals surface area contributed by atoms with E-state index in [0.717, 1.165) is 30.6 Å². The van der Waals surface area contributed by atoms with E-state index in [1.165, 1.54) is 18.5 Å². The summed E-state index contributed by atoms with van der Waals surface area (Å²) < 4.78 is 18.3. The minimum absolute atomic E-state index is 0.134. The Balaban J connectivity index is 1.68. The molecule has 1 aliphatic carbocycles. The predicted octanol–water partition coefficient (Wildman–Crippen LogP) is 3.11. The Morgan fingerprint density at radius 1 is 1.00 bits per heavy atom. The lowest BCUT2D eigenvalue weighted by atomic mass is 9.78. The van der Waals surface area contributed by atoms with Gasteiger partial charge in [-0.2, -0.15) is 0 Å². The minimum atomic E-state index is -0.319. The van der Waals surface area contributed by atoms with Gasteiger partial charge in [-0.05, 0) is 71.0 Å². The van der Waals surface area contributed by atoms with Crippen molar-refractivity contribution in [1.29, 1.82) is 0 Å². The van der Waals surface area contributed by atoms with Crippen molar-refractivity contribution in [2.24, 2.45) is 0 Å². The summed E-state index contributed by atoms with van der Waals surface area (Å²) >= 11 is 0. The van der Waals surface area contributed by atoms with Crippen molar-refractivity contribution >= 4 is 12.6 Å². The molecule has 0 bridgehead atoms. The molecular formula is C18H26BNO3. The van der Waals surface area contributed by atoms with Gasteiger partial charge in [-0.1, -0.05) is 0 Å². The summed E-state index contributed by atoms with van der Waals surface area (Å²) in [5.74, 6) is 0.609. The van der Waals surface area contributed by atoms with Crippen LogP contribution in [0.5, 0.6) is 0 Å². The number of rotatable bonds is 3. The molecule has 2 aliphatic heterocycles. The van der Waals surface area contributed by atoms with Gasteiger partial charge in [0.15, 0.2) is 0 Å². The average molecular weight is 315 g/mol. The molecule has 1 atom stereocenters. The summed E-state index contributed by atoms with van der Waals surface area (Å²) in [6, 6.07) is 4.31. The van der Waals surface area contributed by atoms with Gasteiger partial charge in [-0.15, -0.1) is 0 Å². The SMILES string of the molecule is CC1(C)OB(c2cc(C3CC3)nc(C3CCCO3)c2)OC1(C)C. The summed E-state index contributed by atoms with van der Waals surface area (Å²) in [5, 5.41) is 0. The molecule has 4 rings (SSSR count). The van der Waals surface area contributed by atoms with Crippen LogP contribution in [-0.4, -0.2) is 29.9 Å². The van der Waals surface area contributed by atoms with Gasteiger partial charge in [0, 0.05) is 18.2 Å². The van der Waals surface area contributed by atoms with Crippen molar-refractivity contribution in [2.75, 3.05) is 6.61 Å². The van der Waals surface area contributed by atoms with Crippen molar-refractivity contribution < 1.29 is 14.0 Å². The monoisotopic (exact) mass is 315 g/mol. The first-order valence-electron chi connectivity index (χ1n) is 8.85. The Morgan fingerprint density at radius 3 is 2.22 bits per heavy atom. The second kappa shape index (κ2) is 5.30. The van der Waals surface area contributed by atoms with Gasteiger partial charge in [0.1, 0.15) is 0 Å². The molecule has 1 aromatic heterocycles. The normalized spacial score (nSPS) is 29.2. The van der Waals surface area contributed by atoms with Crippen molar-refractivity contribution in [1.82, 2.24) is 4.98 Å². The largest absolute Gasteiger partial charge is 0.494 e. The number of hydrogen-bond acceptors (Lipinski definition) is 4. The van der Waals surface area contributed by atoms with Crippen molar-refractivity contribution in [3.05, 3.63) is 23.5 Å². The molecule has 0 N–H and O–H groups in total. The van der Waals surface area contributed by atoms with Crippen LogP contribution in [-0.2, 0) is 14.0 Å². The summed E-state index contributed by atoms with van der Waals surface area (Å²) in [4.78, 5) is 4.89. The molecule has 23 heavy (non-hydrogen) atoms. The Morgan fingerprint density at radius 2 is 1.65 bits per heavy atom. The van der Waals surface area contributed by atoms with Crippen LogP contribution in [0.1, 0.15) is 76.8 Å². The lowest BCUT2D eigenvalue weighted by Crippen LogP contribution is -2.41. The Labute approximate surface area is 139 Å². The highest BCUT2D eigenvalue weighted by molar-refractivity contribution is 6.62. The van der Waals surface area contributed by atoms with E-state index in [1.54, 1.807) is 0 Å². The van der Waals surface area contributed by atoms with E-state index in [-0.39, 0.29) is 24.4 Å². The van der Waals surface area contributed by atoms with Crippen molar-refractivity contribution in [3.8, 4) is 0 Å². The summed E-state index contributed by atoms with van der Waals surface area (Å²) in [5.41, 5.74) is 2.69. The molecule has 3 fully saturated rings. The Bertz CT molecular complexity index is 590. The van der Waals surface area contributed by atoms with E-state index in [2.05, 4.69) is 39.8 Å². The molecule has 1 saturated carbocycles. The van der Waals surface area contributed by atoms with Gasteiger partial charge < -0.3 is 14.0 Å². The minimum Gasteiger partial charge on any atom is -0.399 e. The van der Waals surface area contributed by atoms with E-state index in [0.29, 0.717) is 5.92 Å². The molecule has 5 heteroatoms. The summed E-state index contributed by atoms with van der Waals surface area (Å²) in [6.45, 7) is 9.22. The zero-order chi connectivity index (χ0) is 16.2. The summed E-state index contributed by atoms with van der Waals surface area (Å²) in [6.07, 6.45) is 4.79. The number of hydrogen-bond donors (Lipinski definition) is 0. The van der Waals surface area contributed by atoms with Crippen molar-refractivity contribution in [2.45, 2.75) is 76.6 Å². The third-order valence-corrected chi connectivity index (χ3v) is 5.67. The third-order valence-electron chi connectivity index (χ3n) is 5.67.